The molecule has 1 aromatic heterocycles. The van der Waals surface area contributed by atoms with Gasteiger partial charge in [-0.3, -0.25) is 4.79 Å². The molecule has 2 aromatic carbocycles. The van der Waals surface area contributed by atoms with Crippen molar-refractivity contribution in [3.05, 3.63) is 60.4 Å². The molecular weight excluding hydrogens is 430 g/mol. The molecule has 2 bridgehead atoms. The molecule has 3 aromatic rings. The van der Waals surface area contributed by atoms with E-state index >= 15 is 0 Å². The molecule has 0 aliphatic heterocycles. The van der Waals surface area contributed by atoms with Gasteiger partial charge in [0.1, 0.15) is 6.33 Å². The van der Waals surface area contributed by atoms with E-state index in [1.165, 1.54) is 25.6 Å². The summed E-state index contributed by atoms with van der Waals surface area (Å²) in [7, 11) is 3.21. The Bertz CT molecular complexity index is 1270. The van der Waals surface area contributed by atoms with Crippen LogP contribution < -0.4 is 14.8 Å². The highest BCUT2D eigenvalue weighted by Crippen LogP contribution is 2.69. The summed E-state index contributed by atoms with van der Waals surface area (Å²) in [6.07, 6.45) is 10.2. The fourth-order valence-electron chi connectivity index (χ4n) is 6.11. The van der Waals surface area contributed by atoms with Crippen LogP contribution in [0, 0.1) is 23.2 Å². The predicted molar refractivity (Wildman–Crippen MR) is 126 cm³/mol. The number of tetrazole rings is 1. The number of benzene rings is 2. The van der Waals surface area contributed by atoms with Gasteiger partial charge in [-0.1, -0.05) is 24.3 Å². The van der Waals surface area contributed by atoms with Crippen molar-refractivity contribution in [3.63, 3.8) is 0 Å². The molecule has 1 amide bonds. The summed E-state index contributed by atoms with van der Waals surface area (Å²) in [4.78, 5) is 13.3. The first-order valence-corrected chi connectivity index (χ1v) is 11.7. The molecule has 2 fully saturated rings. The maximum absolute atomic E-state index is 13.3. The minimum atomic E-state index is -0.102. The van der Waals surface area contributed by atoms with E-state index in [0.717, 1.165) is 11.1 Å². The Morgan fingerprint density at radius 3 is 2.76 bits per heavy atom. The van der Waals surface area contributed by atoms with Gasteiger partial charge in [0.2, 0.25) is 0 Å². The van der Waals surface area contributed by atoms with Crippen LogP contribution in [0.4, 0.5) is 0 Å². The Kier molecular flexibility index (Phi) is 4.90. The zero-order valence-corrected chi connectivity index (χ0v) is 19.3. The Hall–Kier alpha value is -3.68. The molecule has 3 aliphatic rings. The van der Waals surface area contributed by atoms with Gasteiger partial charge < -0.3 is 14.8 Å². The first-order valence-electron chi connectivity index (χ1n) is 11.7. The van der Waals surface area contributed by atoms with Crippen molar-refractivity contribution in [1.29, 1.82) is 0 Å². The highest BCUT2D eigenvalue weighted by atomic mass is 16.5. The minimum absolute atomic E-state index is 0.102. The minimum Gasteiger partial charge on any atom is -0.493 e. The van der Waals surface area contributed by atoms with Crippen molar-refractivity contribution in [2.75, 3.05) is 20.8 Å². The second kappa shape index (κ2) is 7.97. The average Bonchev–Trinajstić information content (AvgIpc) is 3.21. The maximum Gasteiger partial charge on any atom is 0.251 e. The SMILES string of the molecule is COc1cccc(-c2cc(C(=O)NC[C@H]3C[C@@H]4C=C[C@@H]3C43CC3)cc(-n3cnnn3)c2)c1OC. The lowest BCUT2D eigenvalue weighted by Crippen LogP contribution is -2.31. The van der Waals surface area contributed by atoms with E-state index in [4.69, 9.17) is 9.47 Å². The lowest BCUT2D eigenvalue weighted by molar-refractivity contribution is 0.0944. The second-order valence-electron chi connectivity index (χ2n) is 9.52. The number of rotatable bonds is 7. The molecule has 0 saturated heterocycles. The summed E-state index contributed by atoms with van der Waals surface area (Å²) >= 11 is 0. The third-order valence-corrected chi connectivity index (χ3v) is 7.88. The number of nitrogens with one attached hydrogen (secondary N) is 1. The van der Waals surface area contributed by atoms with Crippen LogP contribution in [-0.4, -0.2) is 46.9 Å². The van der Waals surface area contributed by atoms with Crippen molar-refractivity contribution in [2.24, 2.45) is 23.2 Å². The van der Waals surface area contributed by atoms with Crippen LogP contribution >= 0.6 is 0 Å². The van der Waals surface area contributed by atoms with Crippen molar-refractivity contribution < 1.29 is 14.3 Å². The van der Waals surface area contributed by atoms with Gasteiger partial charge in [0.15, 0.2) is 11.5 Å². The van der Waals surface area contributed by atoms with Crippen LogP contribution in [0.2, 0.25) is 0 Å². The third kappa shape index (κ3) is 3.28. The number of ether oxygens (including phenoxy) is 2. The van der Waals surface area contributed by atoms with Crippen molar-refractivity contribution in [3.8, 4) is 28.3 Å². The van der Waals surface area contributed by atoms with Crippen LogP contribution in [0.15, 0.2) is 54.9 Å². The molecule has 3 aliphatic carbocycles. The summed E-state index contributed by atoms with van der Waals surface area (Å²) in [5.41, 5.74) is 3.39. The van der Waals surface area contributed by atoms with E-state index < -0.39 is 0 Å². The number of carbonyl (C=O) groups is 1. The monoisotopic (exact) mass is 457 g/mol. The van der Waals surface area contributed by atoms with Gasteiger partial charge in [0.25, 0.3) is 5.91 Å². The second-order valence-corrected chi connectivity index (χ2v) is 9.52. The van der Waals surface area contributed by atoms with Gasteiger partial charge in [0.05, 0.1) is 19.9 Å². The molecule has 8 nitrogen and oxygen atoms in total. The van der Waals surface area contributed by atoms with E-state index in [1.807, 2.05) is 36.4 Å². The summed E-state index contributed by atoms with van der Waals surface area (Å²) in [6.45, 7) is 0.693. The summed E-state index contributed by atoms with van der Waals surface area (Å²) in [6, 6.07) is 11.3. The number of hydrogen-bond acceptors (Lipinski definition) is 6. The van der Waals surface area contributed by atoms with Gasteiger partial charge >= 0.3 is 0 Å². The van der Waals surface area contributed by atoms with Gasteiger partial charge in [-0.15, -0.1) is 5.10 Å². The molecule has 3 atom stereocenters. The highest BCUT2D eigenvalue weighted by molar-refractivity contribution is 5.96. The number of carbonyl (C=O) groups excluding carboxylic acids is 1. The quantitative estimate of drug-likeness (QED) is 0.545. The Balaban J connectivity index is 1.31. The zero-order chi connectivity index (χ0) is 23.3. The van der Waals surface area contributed by atoms with Gasteiger partial charge in [-0.05, 0) is 82.7 Å². The molecule has 1 heterocycles. The Morgan fingerprint density at radius 1 is 1.18 bits per heavy atom. The number of nitrogens with zero attached hydrogens (tertiary/aromatic N) is 4. The Morgan fingerprint density at radius 2 is 2.06 bits per heavy atom. The van der Waals surface area contributed by atoms with Crippen LogP contribution in [-0.2, 0) is 0 Å². The summed E-state index contributed by atoms with van der Waals surface area (Å²) in [5.74, 6) is 2.96. The number of hydrogen-bond donors (Lipinski definition) is 1. The topological polar surface area (TPSA) is 91.2 Å². The van der Waals surface area contributed by atoms with E-state index in [0.29, 0.717) is 52.5 Å². The van der Waals surface area contributed by atoms with E-state index in [9.17, 15) is 4.79 Å². The van der Waals surface area contributed by atoms with Crippen molar-refractivity contribution in [1.82, 2.24) is 25.5 Å². The molecular formula is C26H27N5O3. The lowest BCUT2D eigenvalue weighted by Gasteiger charge is -2.20. The zero-order valence-electron chi connectivity index (χ0n) is 19.3. The number of methoxy groups -OCH3 is 2. The molecule has 34 heavy (non-hydrogen) atoms. The fourth-order valence-corrected chi connectivity index (χ4v) is 6.11. The van der Waals surface area contributed by atoms with Crippen LogP contribution in [0.3, 0.4) is 0 Å². The van der Waals surface area contributed by atoms with Gasteiger partial charge in [-0.2, -0.15) is 0 Å². The third-order valence-electron chi connectivity index (χ3n) is 7.88. The lowest BCUT2D eigenvalue weighted by atomic mass is 9.89. The van der Waals surface area contributed by atoms with E-state index in [-0.39, 0.29) is 5.91 Å². The maximum atomic E-state index is 13.3. The first kappa shape index (κ1) is 20.9. The fraction of sp³-hybridized carbons (Fsp3) is 0.385. The van der Waals surface area contributed by atoms with Gasteiger partial charge in [-0.25, -0.2) is 4.68 Å². The largest absolute Gasteiger partial charge is 0.493 e. The molecule has 2 saturated carbocycles. The Labute approximate surface area is 198 Å². The predicted octanol–water partition coefficient (Wildman–Crippen LogP) is 3.68. The normalized spacial score (nSPS) is 23.3. The standard InChI is InChI=1S/C26H27N5O3/c1-33-23-5-3-4-21(24(23)34-2)16-10-17(13-20(12-16)31-15-28-29-30-31)25(32)27-14-18-11-19-6-7-22(18)26(19)8-9-26/h3-7,10,12-13,15,18-19,22H,8-9,11,14H2,1-2H3,(H,27,32)/t18-,19+,22+/m1/s1. The summed E-state index contributed by atoms with van der Waals surface area (Å²) in [5, 5.41) is 14.7. The molecule has 8 heteroatoms. The van der Waals surface area contributed by atoms with E-state index in [1.54, 1.807) is 18.9 Å². The first-order chi connectivity index (χ1) is 16.6. The highest BCUT2D eigenvalue weighted by Gasteiger charge is 2.62. The van der Waals surface area contributed by atoms with Crippen molar-refractivity contribution >= 4 is 5.91 Å². The van der Waals surface area contributed by atoms with Crippen LogP contribution in [0.25, 0.3) is 16.8 Å². The molecule has 6 rings (SSSR count). The number of aromatic nitrogens is 4. The average molecular weight is 458 g/mol. The van der Waals surface area contributed by atoms with Gasteiger partial charge in [0, 0.05) is 17.7 Å². The smallest absolute Gasteiger partial charge is 0.251 e. The molecule has 0 radical (unpaired) electrons. The van der Waals surface area contributed by atoms with Crippen LogP contribution in [0.5, 0.6) is 11.5 Å². The molecule has 1 spiro atoms. The number of allylic oxidation sites excluding steroid dienone is 2. The number of para-hydroxylation sites is 1. The molecule has 0 unspecified atom stereocenters. The van der Waals surface area contributed by atoms with E-state index in [2.05, 4.69) is 33.0 Å². The molecule has 174 valence electrons. The number of amides is 1. The summed E-state index contributed by atoms with van der Waals surface area (Å²) < 4.78 is 12.7. The molecule has 1 N–H and O–H groups in total. The van der Waals surface area contributed by atoms with Crippen LogP contribution in [0.1, 0.15) is 29.6 Å². The van der Waals surface area contributed by atoms with Crippen molar-refractivity contribution in [2.45, 2.75) is 19.3 Å².